The third kappa shape index (κ3) is 6.17. The van der Waals surface area contributed by atoms with Crippen molar-refractivity contribution in [3.05, 3.63) is 45.9 Å². The molecule has 1 fully saturated rings. The van der Waals surface area contributed by atoms with Crippen molar-refractivity contribution in [2.24, 2.45) is 4.99 Å². The number of hydrogen-bond acceptors (Lipinski definition) is 6. The van der Waals surface area contributed by atoms with Crippen LogP contribution in [0, 0.1) is 6.92 Å². The van der Waals surface area contributed by atoms with Gasteiger partial charge in [0.25, 0.3) is 0 Å². The highest BCUT2D eigenvalue weighted by Gasteiger charge is 2.23. The number of benzene rings is 1. The number of nitrogens with zero attached hydrogens (tertiary/aromatic N) is 4. The highest BCUT2D eigenvalue weighted by Crippen LogP contribution is 2.24. The molecule has 1 N–H and O–H groups in total. The maximum absolute atomic E-state index is 5.57. The van der Waals surface area contributed by atoms with Gasteiger partial charge in [-0.15, -0.1) is 11.3 Å². The van der Waals surface area contributed by atoms with Crippen LogP contribution >= 0.6 is 11.3 Å². The van der Waals surface area contributed by atoms with E-state index in [4.69, 9.17) is 14.5 Å². The molecule has 0 bridgehead atoms. The first-order valence-corrected chi connectivity index (χ1v) is 11.3. The molecule has 0 amide bonds. The van der Waals surface area contributed by atoms with E-state index in [-0.39, 0.29) is 6.04 Å². The average molecular weight is 432 g/mol. The summed E-state index contributed by atoms with van der Waals surface area (Å²) in [5.74, 6) is 1.77. The lowest BCUT2D eigenvalue weighted by molar-refractivity contribution is 0.0179. The number of guanidine groups is 1. The molecular formula is C22H33N5O2S. The van der Waals surface area contributed by atoms with E-state index in [1.165, 1.54) is 5.56 Å². The van der Waals surface area contributed by atoms with E-state index < -0.39 is 0 Å². The van der Waals surface area contributed by atoms with Gasteiger partial charge in [0.2, 0.25) is 0 Å². The van der Waals surface area contributed by atoms with Crippen LogP contribution in [0.15, 0.2) is 34.6 Å². The van der Waals surface area contributed by atoms with Crippen molar-refractivity contribution in [1.29, 1.82) is 0 Å². The third-order valence-corrected chi connectivity index (χ3v) is 5.99. The van der Waals surface area contributed by atoms with Crippen molar-refractivity contribution >= 4 is 17.3 Å². The molecule has 1 aliphatic rings. The van der Waals surface area contributed by atoms with E-state index in [1.807, 2.05) is 19.1 Å². The molecule has 0 aliphatic carbocycles. The first kappa shape index (κ1) is 22.5. The van der Waals surface area contributed by atoms with E-state index in [9.17, 15) is 0 Å². The second-order valence-corrected chi connectivity index (χ2v) is 8.41. The molecule has 1 atom stereocenters. The zero-order valence-corrected chi connectivity index (χ0v) is 19.2. The molecule has 1 aromatic heterocycles. The standard InChI is InChI=1S/C22H33N5O2S/c1-5-23-22(26(3)15-19-16-30-17(2)25-19)24-14-21(27-10-12-29-13-11-27)18-6-8-20(28-4)9-7-18/h6-9,16,21H,5,10-15H2,1-4H3,(H,23,24). The number of thiazole rings is 1. The average Bonchev–Trinajstić information content (AvgIpc) is 3.18. The number of ether oxygens (including phenoxy) is 2. The molecule has 1 aromatic carbocycles. The summed E-state index contributed by atoms with van der Waals surface area (Å²) in [5, 5.41) is 6.63. The number of morpholine rings is 1. The summed E-state index contributed by atoms with van der Waals surface area (Å²) in [7, 11) is 3.76. The molecule has 3 rings (SSSR count). The Hall–Kier alpha value is -2.16. The SMILES string of the molecule is CCNC(=NCC(c1ccc(OC)cc1)N1CCOCC1)N(C)Cc1csc(C)n1. The van der Waals surface area contributed by atoms with Gasteiger partial charge in [-0.3, -0.25) is 9.89 Å². The van der Waals surface area contributed by atoms with Crippen molar-refractivity contribution in [2.75, 3.05) is 53.6 Å². The summed E-state index contributed by atoms with van der Waals surface area (Å²) in [6, 6.07) is 8.53. The molecule has 0 saturated carbocycles. The van der Waals surface area contributed by atoms with Gasteiger partial charge in [-0.2, -0.15) is 0 Å². The van der Waals surface area contributed by atoms with Crippen molar-refractivity contribution in [1.82, 2.24) is 20.1 Å². The van der Waals surface area contributed by atoms with E-state index >= 15 is 0 Å². The van der Waals surface area contributed by atoms with Crippen molar-refractivity contribution in [3.8, 4) is 5.75 Å². The van der Waals surface area contributed by atoms with Crippen LogP contribution in [0.2, 0.25) is 0 Å². The Kier molecular flexibility index (Phi) is 8.48. The molecule has 1 unspecified atom stereocenters. The summed E-state index contributed by atoms with van der Waals surface area (Å²) < 4.78 is 10.9. The molecule has 0 spiro atoms. The van der Waals surface area contributed by atoms with Crippen molar-refractivity contribution in [3.63, 3.8) is 0 Å². The fraction of sp³-hybridized carbons (Fsp3) is 0.545. The summed E-state index contributed by atoms with van der Waals surface area (Å²) >= 11 is 1.68. The van der Waals surface area contributed by atoms with Gasteiger partial charge < -0.3 is 19.7 Å². The Bertz CT molecular complexity index is 802. The highest BCUT2D eigenvalue weighted by molar-refractivity contribution is 7.09. The normalized spacial score (nSPS) is 16.3. The maximum atomic E-state index is 5.57. The lowest BCUT2D eigenvalue weighted by atomic mass is 10.0. The number of aromatic nitrogens is 1. The van der Waals surface area contributed by atoms with Gasteiger partial charge in [0, 0.05) is 32.1 Å². The topological polar surface area (TPSA) is 62.2 Å². The number of rotatable bonds is 8. The van der Waals surface area contributed by atoms with Crippen molar-refractivity contribution in [2.45, 2.75) is 26.4 Å². The molecule has 1 aliphatic heterocycles. The largest absolute Gasteiger partial charge is 0.497 e. The molecule has 2 aromatic rings. The van der Waals surface area contributed by atoms with E-state index in [0.717, 1.165) is 61.8 Å². The molecule has 2 heterocycles. The number of aryl methyl sites for hydroxylation is 1. The van der Waals surface area contributed by atoms with Crippen LogP contribution in [0.5, 0.6) is 5.75 Å². The zero-order chi connectivity index (χ0) is 21.3. The fourth-order valence-electron chi connectivity index (χ4n) is 3.59. The third-order valence-electron chi connectivity index (χ3n) is 5.16. The fourth-order valence-corrected chi connectivity index (χ4v) is 4.19. The first-order valence-electron chi connectivity index (χ1n) is 10.5. The zero-order valence-electron chi connectivity index (χ0n) is 18.4. The molecule has 8 heteroatoms. The minimum atomic E-state index is 0.198. The molecule has 7 nitrogen and oxygen atoms in total. The van der Waals surface area contributed by atoms with Crippen LogP contribution < -0.4 is 10.1 Å². The van der Waals surface area contributed by atoms with Crippen molar-refractivity contribution < 1.29 is 9.47 Å². The second-order valence-electron chi connectivity index (χ2n) is 7.35. The van der Waals surface area contributed by atoms with Crippen LogP contribution in [0.1, 0.15) is 29.2 Å². The monoisotopic (exact) mass is 431 g/mol. The van der Waals surface area contributed by atoms with Crippen LogP contribution in [0.3, 0.4) is 0 Å². The maximum Gasteiger partial charge on any atom is 0.194 e. The predicted octanol–water partition coefficient (Wildman–Crippen LogP) is 2.93. The van der Waals surface area contributed by atoms with Crippen LogP contribution in [0.25, 0.3) is 0 Å². The van der Waals surface area contributed by atoms with Crippen LogP contribution in [-0.2, 0) is 11.3 Å². The quantitative estimate of drug-likeness (QED) is 0.512. The van der Waals surface area contributed by atoms with Crippen LogP contribution in [-0.4, -0.2) is 74.3 Å². The lowest BCUT2D eigenvalue weighted by Gasteiger charge is -2.34. The summed E-state index contributed by atoms with van der Waals surface area (Å²) in [6.45, 7) is 9.72. The Morgan fingerprint density at radius 2 is 2.07 bits per heavy atom. The molecule has 164 valence electrons. The number of nitrogens with one attached hydrogen (secondary N) is 1. The minimum Gasteiger partial charge on any atom is -0.497 e. The van der Waals surface area contributed by atoms with E-state index in [1.54, 1.807) is 18.4 Å². The first-order chi connectivity index (χ1) is 14.6. The predicted molar refractivity (Wildman–Crippen MR) is 122 cm³/mol. The van der Waals surface area contributed by atoms with Gasteiger partial charge in [-0.25, -0.2) is 4.98 Å². The second kappa shape index (κ2) is 11.3. The summed E-state index contributed by atoms with van der Waals surface area (Å²) in [5.41, 5.74) is 2.32. The summed E-state index contributed by atoms with van der Waals surface area (Å²) in [6.07, 6.45) is 0. The number of hydrogen-bond donors (Lipinski definition) is 1. The van der Waals surface area contributed by atoms with Gasteiger partial charge in [0.05, 0.1) is 50.2 Å². The Morgan fingerprint density at radius 1 is 1.33 bits per heavy atom. The Balaban J connectivity index is 1.77. The number of aliphatic imine (C=N–C) groups is 1. The van der Waals surface area contributed by atoms with E-state index in [2.05, 4.69) is 51.6 Å². The summed E-state index contributed by atoms with van der Waals surface area (Å²) in [4.78, 5) is 14.2. The lowest BCUT2D eigenvalue weighted by Crippen LogP contribution is -2.42. The van der Waals surface area contributed by atoms with Gasteiger partial charge in [-0.05, 0) is 31.5 Å². The van der Waals surface area contributed by atoms with Gasteiger partial charge >= 0.3 is 0 Å². The van der Waals surface area contributed by atoms with Crippen LogP contribution in [0.4, 0.5) is 0 Å². The van der Waals surface area contributed by atoms with Gasteiger partial charge in [-0.1, -0.05) is 12.1 Å². The van der Waals surface area contributed by atoms with E-state index in [0.29, 0.717) is 6.54 Å². The molecule has 1 saturated heterocycles. The molecular weight excluding hydrogens is 398 g/mol. The minimum absolute atomic E-state index is 0.198. The molecule has 30 heavy (non-hydrogen) atoms. The number of methoxy groups -OCH3 is 1. The van der Waals surface area contributed by atoms with Gasteiger partial charge in [0.1, 0.15) is 5.75 Å². The molecule has 0 radical (unpaired) electrons. The Labute approximate surface area is 183 Å². The smallest absolute Gasteiger partial charge is 0.194 e. The Morgan fingerprint density at radius 3 is 2.67 bits per heavy atom. The highest BCUT2D eigenvalue weighted by atomic mass is 32.1. The van der Waals surface area contributed by atoms with Gasteiger partial charge in [0.15, 0.2) is 5.96 Å².